The van der Waals surface area contributed by atoms with E-state index >= 15 is 0 Å². The molecule has 1 aromatic heterocycles. The predicted molar refractivity (Wildman–Crippen MR) is 110 cm³/mol. The average molecular weight is 374 g/mol. The van der Waals surface area contributed by atoms with Gasteiger partial charge in [-0.05, 0) is 36.2 Å². The topological polar surface area (TPSA) is 68.4 Å². The van der Waals surface area contributed by atoms with Gasteiger partial charge in [-0.2, -0.15) is 0 Å². The summed E-state index contributed by atoms with van der Waals surface area (Å²) in [4.78, 5) is 32.0. The van der Waals surface area contributed by atoms with Crippen LogP contribution in [0, 0.1) is 0 Å². The number of nitrogens with zero attached hydrogens (tertiary/aromatic N) is 2. The first kappa shape index (κ1) is 16.9. The number of fused-ring (bicyclic) bond motifs is 2. The van der Waals surface area contributed by atoms with Crippen LogP contribution in [0.4, 0.5) is 11.4 Å². The van der Waals surface area contributed by atoms with Gasteiger partial charge in [0.15, 0.2) is 0 Å². The number of benzene rings is 2. The minimum Gasteiger partial charge on any atom is -0.368 e. The number of aromatic nitrogens is 1. The Bertz CT molecular complexity index is 1060. The highest BCUT2D eigenvalue weighted by Crippen LogP contribution is 2.28. The maximum absolute atomic E-state index is 13.0. The molecular weight excluding hydrogens is 352 g/mol. The van der Waals surface area contributed by atoms with E-state index in [1.165, 1.54) is 5.56 Å². The van der Waals surface area contributed by atoms with Crippen LogP contribution in [0.3, 0.4) is 0 Å². The molecule has 0 bridgehead atoms. The van der Waals surface area contributed by atoms with E-state index in [0.29, 0.717) is 19.5 Å². The van der Waals surface area contributed by atoms with E-state index in [2.05, 4.69) is 27.3 Å². The maximum atomic E-state index is 13.0. The van der Waals surface area contributed by atoms with Crippen LogP contribution < -0.4 is 10.2 Å². The fraction of sp³-hybridized carbons (Fsp3) is 0.273. The zero-order valence-corrected chi connectivity index (χ0v) is 15.6. The Morgan fingerprint density at radius 1 is 0.964 bits per heavy atom. The lowest BCUT2D eigenvalue weighted by Gasteiger charge is -2.36. The van der Waals surface area contributed by atoms with E-state index < -0.39 is 0 Å². The van der Waals surface area contributed by atoms with Gasteiger partial charge >= 0.3 is 0 Å². The molecule has 5 rings (SSSR count). The van der Waals surface area contributed by atoms with Gasteiger partial charge in [0.1, 0.15) is 0 Å². The number of rotatable bonds is 2. The Hall–Kier alpha value is -3.28. The summed E-state index contributed by atoms with van der Waals surface area (Å²) in [5, 5.41) is 3.91. The van der Waals surface area contributed by atoms with E-state index in [1.807, 2.05) is 41.4 Å². The molecular formula is C22H22N4O2. The van der Waals surface area contributed by atoms with Crippen molar-refractivity contribution in [3.05, 3.63) is 59.8 Å². The number of nitrogens with one attached hydrogen (secondary N) is 2. The molecule has 0 atom stereocenters. The Morgan fingerprint density at radius 2 is 1.79 bits per heavy atom. The molecule has 6 nitrogen and oxygen atoms in total. The molecule has 3 aromatic rings. The van der Waals surface area contributed by atoms with Crippen molar-refractivity contribution < 1.29 is 9.59 Å². The van der Waals surface area contributed by atoms with Crippen LogP contribution in [0.1, 0.15) is 22.3 Å². The molecule has 0 saturated carbocycles. The third-order valence-corrected chi connectivity index (χ3v) is 5.74. The van der Waals surface area contributed by atoms with Crippen molar-refractivity contribution in [2.45, 2.75) is 12.8 Å². The van der Waals surface area contributed by atoms with Crippen LogP contribution >= 0.6 is 0 Å². The predicted octanol–water partition coefficient (Wildman–Crippen LogP) is 3.02. The van der Waals surface area contributed by atoms with Crippen molar-refractivity contribution in [1.82, 2.24) is 9.88 Å². The minimum atomic E-state index is 0.0876. The summed E-state index contributed by atoms with van der Waals surface area (Å²) in [6, 6.07) is 14.1. The first-order valence-electron chi connectivity index (χ1n) is 9.72. The molecule has 28 heavy (non-hydrogen) atoms. The van der Waals surface area contributed by atoms with Crippen LogP contribution in [0.2, 0.25) is 0 Å². The zero-order valence-electron chi connectivity index (χ0n) is 15.6. The molecule has 3 heterocycles. The van der Waals surface area contributed by atoms with Crippen molar-refractivity contribution in [2.75, 3.05) is 36.4 Å². The zero-order chi connectivity index (χ0) is 19.1. The van der Waals surface area contributed by atoms with Gasteiger partial charge in [-0.3, -0.25) is 9.59 Å². The summed E-state index contributed by atoms with van der Waals surface area (Å²) < 4.78 is 0. The van der Waals surface area contributed by atoms with E-state index in [4.69, 9.17) is 0 Å². The molecule has 0 aliphatic carbocycles. The van der Waals surface area contributed by atoms with Gasteiger partial charge in [-0.25, -0.2) is 0 Å². The molecule has 0 spiro atoms. The largest absolute Gasteiger partial charge is 0.368 e. The monoisotopic (exact) mass is 374 g/mol. The number of anilines is 2. The van der Waals surface area contributed by atoms with Crippen molar-refractivity contribution in [2.24, 2.45) is 0 Å². The Morgan fingerprint density at radius 3 is 2.64 bits per heavy atom. The number of aryl methyl sites for hydroxylation is 1. The molecule has 2 aliphatic rings. The number of carbonyl (C=O) groups excluding carboxylic acids is 2. The first-order valence-corrected chi connectivity index (χ1v) is 9.72. The molecule has 0 radical (unpaired) electrons. The molecule has 142 valence electrons. The fourth-order valence-corrected chi connectivity index (χ4v) is 4.15. The molecule has 6 heteroatoms. The second kappa shape index (κ2) is 6.71. The van der Waals surface area contributed by atoms with Gasteiger partial charge in [0.2, 0.25) is 5.91 Å². The highest BCUT2D eigenvalue weighted by Gasteiger charge is 2.25. The third-order valence-electron chi connectivity index (χ3n) is 5.74. The lowest BCUT2D eigenvalue weighted by molar-refractivity contribution is -0.116. The maximum Gasteiger partial charge on any atom is 0.256 e. The molecule has 2 amide bonds. The quantitative estimate of drug-likeness (QED) is 0.725. The number of para-hydroxylation sites is 1. The Balaban J connectivity index is 1.29. The first-order chi connectivity index (χ1) is 13.7. The van der Waals surface area contributed by atoms with Crippen LogP contribution in [0.25, 0.3) is 10.9 Å². The molecule has 2 aromatic carbocycles. The number of carbonyl (C=O) groups is 2. The van der Waals surface area contributed by atoms with E-state index in [-0.39, 0.29) is 11.8 Å². The lowest BCUT2D eigenvalue weighted by Crippen LogP contribution is -2.48. The summed E-state index contributed by atoms with van der Waals surface area (Å²) in [5.41, 5.74) is 5.01. The molecule has 2 N–H and O–H groups in total. The second-order valence-corrected chi connectivity index (χ2v) is 7.42. The molecule has 1 saturated heterocycles. The minimum absolute atomic E-state index is 0.0876. The number of hydrogen-bond acceptors (Lipinski definition) is 3. The number of hydrogen-bond donors (Lipinski definition) is 2. The lowest BCUT2D eigenvalue weighted by atomic mass is 10.0. The smallest absolute Gasteiger partial charge is 0.256 e. The van der Waals surface area contributed by atoms with Crippen molar-refractivity contribution >= 4 is 34.1 Å². The van der Waals surface area contributed by atoms with Gasteiger partial charge < -0.3 is 20.1 Å². The highest BCUT2D eigenvalue weighted by molar-refractivity contribution is 6.06. The van der Waals surface area contributed by atoms with E-state index in [0.717, 1.165) is 47.4 Å². The summed E-state index contributed by atoms with van der Waals surface area (Å²) in [7, 11) is 0. The molecule has 1 fully saturated rings. The summed E-state index contributed by atoms with van der Waals surface area (Å²) in [6.07, 6.45) is 3.15. The van der Waals surface area contributed by atoms with Crippen LogP contribution in [-0.4, -0.2) is 47.9 Å². The summed E-state index contributed by atoms with van der Waals surface area (Å²) >= 11 is 0. The summed E-state index contributed by atoms with van der Waals surface area (Å²) in [5.74, 6) is 0.176. The second-order valence-electron chi connectivity index (χ2n) is 7.42. The van der Waals surface area contributed by atoms with Gasteiger partial charge in [0.05, 0.1) is 5.56 Å². The van der Waals surface area contributed by atoms with Crippen molar-refractivity contribution in [3.63, 3.8) is 0 Å². The average Bonchev–Trinajstić information content (AvgIpc) is 3.17. The van der Waals surface area contributed by atoms with Crippen LogP contribution in [0.5, 0.6) is 0 Å². The molecule has 2 aliphatic heterocycles. The number of H-pyrrole nitrogens is 1. The van der Waals surface area contributed by atoms with Crippen LogP contribution in [-0.2, 0) is 11.2 Å². The van der Waals surface area contributed by atoms with Crippen LogP contribution in [0.15, 0.2) is 48.7 Å². The standard InChI is InChI=1S/C22H22N4O2/c27-21-8-5-15-13-16(6-7-19(15)24-21)25-9-11-26(12-10-25)22(28)18-14-23-20-4-2-1-3-17(18)20/h1-4,6-7,13-14,23H,5,8-12H2,(H,24,27). The molecule has 0 unspecified atom stereocenters. The third kappa shape index (κ3) is 2.91. The Kier molecular flexibility index (Phi) is 4.04. The van der Waals surface area contributed by atoms with Gasteiger partial charge in [0, 0.05) is 61.1 Å². The van der Waals surface area contributed by atoms with Gasteiger partial charge in [-0.15, -0.1) is 0 Å². The SMILES string of the molecule is O=C1CCc2cc(N3CCN(C(=O)c4c[nH]c5ccccc45)CC3)ccc2N1. The Labute approximate surface area is 163 Å². The van der Waals surface area contributed by atoms with Gasteiger partial charge in [-0.1, -0.05) is 18.2 Å². The van der Waals surface area contributed by atoms with Crippen molar-refractivity contribution in [1.29, 1.82) is 0 Å². The normalized spacial score (nSPS) is 16.8. The van der Waals surface area contributed by atoms with E-state index in [1.54, 1.807) is 0 Å². The number of piperazine rings is 1. The van der Waals surface area contributed by atoms with E-state index in [9.17, 15) is 9.59 Å². The number of aromatic amines is 1. The van der Waals surface area contributed by atoms with Crippen molar-refractivity contribution in [3.8, 4) is 0 Å². The highest BCUT2D eigenvalue weighted by atomic mass is 16.2. The fourth-order valence-electron chi connectivity index (χ4n) is 4.15. The van der Waals surface area contributed by atoms with Gasteiger partial charge in [0.25, 0.3) is 5.91 Å². The summed E-state index contributed by atoms with van der Waals surface area (Å²) in [6.45, 7) is 3.01. The number of amides is 2.